The lowest BCUT2D eigenvalue weighted by Crippen LogP contribution is -2.74. The van der Waals surface area contributed by atoms with E-state index in [4.69, 9.17) is 11.5 Å². The Balaban J connectivity index is 1.91. The topological polar surface area (TPSA) is 205 Å². The summed E-state index contributed by atoms with van der Waals surface area (Å²) in [5.41, 5.74) is 7.96. The van der Waals surface area contributed by atoms with Gasteiger partial charge < -0.3 is 21.7 Å². The lowest BCUT2D eigenvalue weighted by atomic mass is 9.52. The van der Waals surface area contributed by atoms with E-state index in [1.54, 1.807) is 0 Å². The maximum absolute atomic E-state index is 13.6. The second kappa shape index (κ2) is 7.19. The highest BCUT2D eigenvalue weighted by molar-refractivity contribution is 6.32. The molecule has 2 fully saturated rings. The Kier molecular flexibility index (Phi) is 4.92. The number of fused-ring (bicyclic) bond motifs is 3. The molecule has 11 nitrogen and oxygen atoms in total. The number of rotatable bonds is 2. The highest BCUT2D eigenvalue weighted by Crippen LogP contribution is 2.51. The summed E-state index contributed by atoms with van der Waals surface area (Å²) in [6, 6.07) is 1.98. The molecular weight excluding hydrogens is 432 g/mol. The molecule has 0 bridgehead atoms. The number of amides is 1. The van der Waals surface area contributed by atoms with Crippen molar-refractivity contribution in [2.45, 2.75) is 24.5 Å². The van der Waals surface area contributed by atoms with Crippen LogP contribution < -0.4 is 11.5 Å². The summed E-state index contributed by atoms with van der Waals surface area (Å²) in [6.07, 6.45) is -0.0670. The van der Waals surface area contributed by atoms with Gasteiger partial charge in [-0.3, -0.25) is 28.9 Å². The lowest BCUT2D eigenvalue weighted by molar-refractivity contribution is -0.181. The van der Waals surface area contributed by atoms with Crippen LogP contribution in [0.2, 0.25) is 0 Å². The van der Waals surface area contributed by atoms with E-state index in [2.05, 4.69) is 0 Å². The maximum Gasteiger partial charge on any atom is 0.235 e. The van der Waals surface area contributed by atoms with Crippen LogP contribution in [0.3, 0.4) is 0 Å². The fraction of sp³-hybridized carbons (Fsp3) is 0.455. The molecular formula is C22H22N4O7. The highest BCUT2D eigenvalue weighted by Gasteiger charge is 2.69. The summed E-state index contributed by atoms with van der Waals surface area (Å²) in [6.45, 7) is 0. The van der Waals surface area contributed by atoms with Crippen molar-refractivity contribution in [3.05, 3.63) is 22.8 Å². The van der Waals surface area contributed by atoms with E-state index in [-0.39, 0.29) is 35.2 Å². The van der Waals surface area contributed by atoms with E-state index in [0.29, 0.717) is 0 Å². The van der Waals surface area contributed by atoms with Crippen molar-refractivity contribution in [1.29, 1.82) is 5.26 Å². The summed E-state index contributed by atoms with van der Waals surface area (Å²) in [5.74, 6) is -11.6. The van der Waals surface area contributed by atoms with Crippen molar-refractivity contribution in [3.8, 4) is 11.8 Å². The van der Waals surface area contributed by atoms with Crippen molar-refractivity contribution in [2.75, 3.05) is 19.8 Å². The molecule has 1 amide bonds. The van der Waals surface area contributed by atoms with E-state index in [0.717, 1.165) is 0 Å². The van der Waals surface area contributed by atoms with Gasteiger partial charge in [-0.1, -0.05) is 0 Å². The Morgan fingerprint density at radius 2 is 1.88 bits per heavy atom. The number of Topliss-reactive ketones (excluding diaryl/α,β-unsaturated/α-hetero) is 4. The predicted octanol–water partition coefficient (Wildman–Crippen LogP) is -1.68. The average molecular weight is 454 g/mol. The summed E-state index contributed by atoms with van der Waals surface area (Å²) in [4.78, 5) is 66.4. The molecule has 172 valence electrons. The molecule has 0 aliphatic heterocycles. The number of hydrogen-bond acceptors (Lipinski definition) is 10. The zero-order valence-corrected chi connectivity index (χ0v) is 17.9. The van der Waals surface area contributed by atoms with Gasteiger partial charge in [-0.15, -0.1) is 0 Å². The molecule has 2 unspecified atom stereocenters. The number of nitriles is 1. The number of phenols is 1. The van der Waals surface area contributed by atoms with E-state index in [1.807, 2.05) is 6.07 Å². The number of benzene rings is 1. The van der Waals surface area contributed by atoms with Crippen LogP contribution in [-0.2, 0) is 25.6 Å². The van der Waals surface area contributed by atoms with Crippen LogP contribution in [0.5, 0.6) is 5.75 Å². The first kappa shape index (κ1) is 22.6. The molecule has 11 heteroatoms. The number of nitrogens with two attached hydrogens (primary N) is 2. The zero-order valence-electron chi connectivity index (χ0n) is 17.9. The van der Waals surface area contributed by atoms with E-state index >= 15 is 0 Å². The number of likely N-dealkylation sites (N-methyl/N-ethyl adjacent to an activating group) is 1. The second-order valence-electron chi connectivity index (χ2n) is 9.12. The number of anilines is 1. The quantitative estimate of drug-likeness (QED) is 0.227. The van der Waals surface area contributed by atoms with Gasteiger partial charge in [0.05, 0.1) is 34.8 Å². The van der Waals surface area contributed by atoms with E-state index in [9.17, 15) is 39.4 Å². The molecule has 2 saturated carbocycles. The largest absolute Gasteiger partial charge is 0.505 e. The number of nitrogen functional groups attached to an aromatic ring is 1. The molecule has 4 rings (SSSR count). The smallest absolute Gasteiger partial charge is 0.235 e. The van der Waals surface area contributed by atoms with Crippen LogP contribution in [0.25, 0.3) is 0 Å². The van der Waals surface area contributed by atoms with Crippen molar-refractivity contribution in [1.82, 2.24) is 4.90 Å². The van der Waals surface area contributed by atoms with Gasteiger partial charge in [-0.2, -0.15) is 5.26 Å². The van der Waals surface area contributed by atoms with Gasteiger partial charge in [-0.25, -0.2) is 0 Å². The van der Waals surface area contributed by atoms with Crippen molar-refractivity contribution >= 4 is 34.7 Å². The normalized spacial score (nSPS) is 33.2. The molecule has 0 spiro atoms. The predicted molar refractivity (Wildman–Crippen MR) is 110 cm³/mol. The third-order valence-corrected chi connectivity index (χ3v) is 7.21. The minimum atomic E-state index is -2.79. The fourth-order valence-corrected chi connectivity index (χ4v) is 5.79. The Labute approximate surface area is 187 Å². The van der Waals surface area contributed by atoms with Crippen LogP contribution >= 0.6 is 0 Å². The molecule has 33 heavy (non-hydrogen) atoms. The fourth-order valence-electron chi connectivity index (χ4n) is 5.79. The molecule has 3 aliphatic rings. The number of carbonyl (C=O) groups excluding carboxylic acids is 5. The number of aliphatic hydroxyl groups is 1. The van der Waals surface area contributed by atoms with Gasteiger partial charge in [-0.05, 0) is 44.5 Å². The second-order valence-corrected chi connectivity index (χ2v) is 9.12. The number of phenolic OH excluding ortho intramolecular Hbond substituents is 1. The van der Waals surface area contributed by atoms with E-state index in [1.165, 1.54) is 25.1 Å². The SMILES string of the molecule is CN(C)[C@@H]1C(=O)C(C(N)=O)C(=O)[C@@]2(O)C(=O)C3C(=O)c4c(O)c(N)cc(C#N)c4C[C@H]3C[C@@H]12. The van der Waals surface area contributed by atoms with E-state index < -0.39 is 70.1 Å². The summed E-state index contributed by atoms with van der Waals surface area (Å²) in [7, 11) is 3.01. The number of aromatic hydroxyl groups is 1. The van der Waals surface area contributed by atoms with Gasteiger partial charge >= 0.3 is 0 Å². The molecule has 6 atom stereocenters. The first-order chi connectivity index (χ1) is 15.4. The average Bonchev–Trinajstić information content (AvgIpc) is 2.72. The lowest BCUT2D eigenvalue weighted by Gasteiger charge is -2.52. The maximum atomic E-state index is 13.6. The van der Waals surface area contributed by atoms with Crippen molar-refractivity contribution < 1.29 is 34.2 Å². The Morgan fingerprint density at radius 1 is 1.24 bits per heavy atom. The molecule has 3 aliphatic carbocycles. The summed E-state index contributed by atoms with van der Waals surface area (Å²) >= 11 is 0. The van der Waals surface area contributed by atoms with Gasteiger partial charge in [0.2, 0.25) is 5.91 Å². The number of carbonyl (C=O) groups is 5. The van der Waals surface area contributed by atoms with Crippen LogP contribution in [0, 0.1) is 35.0 Å². The number of hydrogen-bond donors (Lipinski definition) is 4. The Bertz CT molecular complexity index is 1200. The molecule has 0 heterocycles. The van der Waals surface area contributed by atoms with Crippen LogP contribution in [0.4, 0.5) is 5.69 Å². The van der Waals surface area contributed by atoms with Crippen molar-refractivity contribution in [3.63, 3.8) is 0 Å². The standard InChI is InChI=1S/C22H22N4O7/c1-26(2)15-10-4-7-3-9-8(6-23)5-11(24)16(27)13(9)17(28)12(7)19(30)22(10,33)20(31)14(18(15)29)21(25)32/h5,7,10,12,14-15,27,33H,3-4,24H2,1-2H3,(H2,25,32)/t7-,10-,12?,14?,15-,22-/m0/s1. The number of ketones is 4. The minimum Gasteiger partial charge on any atom is -0.505 e. The zero-order chi connectivity index (χ0) is 24.6. The van der Waals surface area contributed by atoms with Crippen LogP contribution in [0.1, 0.15) is 27.9 Å². The number of nitrogens with zero attached hydrogens (tertiary/aromatic N) is 2. The molecule has 0 radical (unpaired) electrons. The van der Waals surface area contributed by atoms with Crippen molar-refractivity contribution in [2.24, 2.45) is 29.4 Å². The third-order valence-electron chi connectivity index (χ3n) is 7.21. The Morgan fingerprint density at radius 3 is 2.42 bits per heavy atom. The van der Waals surface area contributed by atoms with Gasteiger partial charge in [0.15, 0.2) is 34.7 Å². The van der Waals surface area contributed by atoms with Gasteiger partial charge in [0.25, 0.3) is 0 Å². The van der Waals surface area contributed by atoms with Crippen LogP contribution in [-0.4, -0.2) is 69.9 Å². The first-order valence-corrected chi connectivity index (χ1v) is 10.3. The monoisotopic (exact) mass is 454 g/mol. The molecule has 0 saturated heterocycles. The molecule has 1 aromatic rings. The Hall–Kier alpha value is -3.62. The van der Waals surface area contributed by atoms with Gasteiger partial charge in [0, 0.05) is 5.92 Å². The molecule has 0 aromatic heterocycles. The highest BCUT2D eigenvalue weighted by atomic mass is 16.3. The van der Waals surface area contributed by atoms with Gasteiger partial charge in [0.1, 0.15) is 5.75 Å². The minimum absolute atomic E-state index is 0.0164. The first-order valence-electron chi connectivity index (χ1n) is 10.3. The molecule has 6 N–H and O–H groups in total. The number of primary amides is 1. The van der Waals surface area contributed by atoms with Crippen LogP contribution in [0.15, 0.2) is 6.07 Å². The summed E-state index contributed by atoms with van der Waals surface area (Å²) < 4.78 is 0. The summed E-state index contributed by atoms with van der Waals surface area (Å²) in [5, 5.41) is 31.3. The molecule has 1 aromatic carbocycles. The third kappa shape index (κ3) is 2.77.